The Bertz CT molecular complexity index is 690. The summed E-state index contributed by atoms with van der Waals surface area (Å²) in [5.41, 5.74) is 1.24. The Morgan fingerprint density at radius 1 is 1.25 bits per heavy atom. The van der Waals surface area contributed by atoms with Crippen LogP contribution >= 0.6 is 12.6 Å². The fraction of sp³-hybridized carbons (Fsp3) is 0.444. The zero-order valence-corrected chi connectivity index (χ0v) is 15.4. The van der Waals surface area contributed by atoms with Gasteiger partial charge in [-0.3, -0.25) is 4.79 Å². The third-order valence-corrected chi connectivity index (χ3v) is 4.95. The lowest BCUT2D eigenvalue weighted by Crippen LogP contribution is -2.41. The van der Waals surface area contributed by atoms with Crippen molar-refractivity contribution in [3.63, 3.8) is 0 Å². The molecule has 2 rings (SSSR count). The first-order valence-electron chi connectivity index (χ1n) is 7.88. The Morgan fingerprint density at radius 3 is 2.38 bits per heavy atom. The SMILES string of the molecule is CC1(C)OB(C(=Cc2ccccc2C(=O)CC#N)CS)OC1(C)C. The zero-order chi connectivity index (χ0) is 18.0. The Morgan fingerprint density at radius 2 is 1.83 bits per heavy atom. The zero-order valence-electron chi connectivity index (χ0n) is 14.5. The van der Waals surface area contributed by atoms with Gasteiger partial charge in [0.25, 0.3) is 0 Å². The summed E-state index contributed by atoms with van der Waals surface area (Å²) in [6.45, 7) is 7.97. The van der Waals surface area contributed by atoms with E-state index in [4.69, 9.17) is 14.6 Å². The Hall–Kier alpha value is -1.55. The minimum Gasteiger partial charge on any atom is -0.400 e. The van der Waals surface area contributed by atoms with Crippen molar-refractivity contribution < 1.29 is 14.1 Å². The number of carbonyl (C=O) groups excluding carboxylic acids is 1. The van der Waals surface area contributed by atoms with Crippen LogP contribution in [0.4, 0.5) is 0 Å². The van der Waals surface area contributed by atoms with Crippen LogP contribution in [0.3, 0.4) is 0 Å². The highest BCUT2D eigenvalue weighted by atomic mass is 32.1. The third-order valence-electron chi connectivity index (χ3n) is 4.58. The fourth-order valence-electron chi connectivity index (χ4n) is 2.43. The van der Waals surface area contributed by atoms with E-state index in [1.807, 2.05) is 52.0 Å². The molecule has 1 aromatic carbocycles. The minimum atomic E-state index is -0.508. The van der Waals surface area contributed by atoms with Gasteiger partial charge in [-0.1, -0.05) is 30.3 Å². The fourth-order valence-corrected chi connectivity index (χ4v) is 2.67. The van der Waals surface area contributed by atoms with E-state index in [1.54, 1.807) is 12.1 Å². The van der Waals surface area contributed by atoms with E-state index in [0.717, 1.165) is 11.0 Å². The topological polar surface area (TPSA) is 59.3 Å². The average Bonchev–Trinajstić information content (AvgIpc) is 2.73. The first-order chi connectivity index (χ1) is 11.2. The highest BCUT2D eigenvalue weighted by molar-refractivity contribution is 7.80. The molecule has 1 heterocycles. The van der Waals surface area contributed by atoms with Crippen LogP contribution in [-0.4, -0.2) is 29.9 Å². The van der Waals surface area contributed by atoms with Gasteiger partial charge in [0.1, 0.15) is 0 Å². The second kappa shape index (κ2) is 7.14. The van der Waals surface area contributed by atoms with Crippen molar-refractivity contribution in [3.05, 3.63) is 40.9 Å². The molecule has 0 unspecified atom stereocenters. The largest absolute Gasteiger partial charge is 0.491 e. The quantitative estimate of drug-likeness (QED) is 0.503. The van der Waals surface area contributed by atoms with Gasteiger partial charge in [-0.2, -0.15) is 17.9 Å². The molecule has 0 atom stereocenters. The Balaban J connectivity index is 2.36. The number of nitriles is 1. The van der Waals surface area contributed by atoms with E-state index in [-0.39, 0.29) is 12.2 Å². The number of thiol groups is 1. The molecule has 0 saturated carbocycles. The van der Waals surface area contributed by atoms with Crippen LogP contribution in [0.5, 0.6) is 0 Å². The Kier molecular flexibility index (Phi) is 5.59. The number of carbonyl (C=O) groups is 1. The molecule has 4 nitrogen and oxygen atoms in total. The first-order valence-corrected chi connectivity index (χ1v) is 8.51. The molecule has 1 saturated heterocycles. The number of hydrogen-bond donors (Lipinski definition) is 1. The van der Waals surface area contributed by atoms with Crippen molar-refractivity contribution in [2.24, 2.45) is 0 Å². The van der Waals surface area contributed by atoms with Gasteiger partial charge in [-0.25, -0.2) is 0 Å². The van der Waals surface area contributed by atoms with E-state index < -0.39 is 18.3 Å². The molecule has 126 valence electrons. The van der Waals surface area contributed by atoms with Gasteiger partial charge < -0.3 is 9.31 Å². The standard InChI is InChI=1S/C18H22BNO3S/c1-17(2)18(3,4)23-19(22-17)14(12-24)11-13-7-5-6-8-15(13)16(21)9-10-20/h5-8,11,24H,9,12H2,1-4H3. The molecular formula is C18H22BNO3S. The summed E-state index contributed by atoms with van der Waals surface area (Å²) >= 11 is 4.40. The first kappa shape index (κ1) is 18.8. The molecule has 1 aromatic rings. The normalized spacial score (nSPS) is 19.2. The van der Waals surface area contributed by atoms with Crippen LogP contribution < -0.4 is 0 Å². The van der Waals surface area contributed by atoms with E-state index in [2.05, 4.69) is 12.6 Å². The molecule has 1 fully saturated rings. The molecule has 0 radical (unpaired) electrons. The lowest BCUT2D eigenvalue weighted by atomic mass is 9.77. The molecule has 0 aliphatic carbocycles. The third kappa shape index (κ3) is 3.75. The molecule has 0 bridgehead atoms. The summed E-state index contributed by atoms with van der Waals surface area (Å²) < 4.78 is 12.1. The van der Waals surface area contributed by atoms with Crippen LogP contribution in [0.1, 0.15) is 50.0 Å². The van der Waals surface area contributed by atoms with Crippen LogP contribution in [-0.2, 0) is 9.31 Å². The smallest absolute Gasteiger partial charge is 0.400 e. The van der Waals surface area contributed by atoms with Gasteiger partial charge in [0, 0.05) is 11.3 Å². The number of hydrogen-bond acceptors (Lipinski definition) is 5. The summed E-state index contributed by atoms with van der Waals surface area (Å²) in [4.78, 5) is 12.1. The number of ketones is 1. The van der Waals surface area contributed by atoms with Crippen molar-refractivity contribution in [1.82, 2.24) is 0 Å². The summed E-state index contributed by atoms with van der Waals surface area (Å²) in [7, 11) is -0.508. The monoisotopic (exact) mass is 343 g/mol. The van der Waals surface area contributed by atoms with Crippen LogP contribution in [0.25, 0.3) is 6.08 Å². The highest BCUT2D eigenvalue weighted by Gasteiger charge is 2.52. The maximum Gasteiger partial charge on any atom is 0.491 e. The van der Waals surface area contributed by atoms with Gasteiger partial charge in [0.05, 0.1) is 23.7 Å². The summed E-state index contributed by atoms with van der Waals surface area (Å²) in [6.07, 6.45) is 1.73. The molecule has 24 heavy (non-hydrogen) atoms. The van der Waals surface area contributed by atoms with Crippen LogP contribution in [0.2, 0.25) is 0 Å². The van der Waals surface area contributed by atoms with Gasteiger partial charge in [-0.15, -0.1) is 0 Å². The van der Waals surface area contributed by atoms with Gasteiger partial charge in [0.2, 0.25) is 0 Å². The molecule has 0 N–H and O–H groups in total. The maximum absolute atomic E-state index is 12.1. The molecule has 1 aliphatic heterocycles. The highest BCUT2D eigenvalue weighted by Crippen LogP contribution is 2.39. The predicted molar refractivity (Wildman–Crippen MR) is 98.9 cm³/mol. The second-order valence-corrected chi connectivity index (χ2v) is 7.13. The van der Waals surface area contributed by atoms with Crippen molar-refractivity contribution in [2.75, 3.05) is 5.75 Å². The second-order valence-electron chi connectivity index (χ2n) is 6.81. The van der Waals surface area contributed by atoms with E-state index in [0.29, 0.717) is 11.3 Å². The van der Waals surface area contributed by atoms with Gasteiger partial charge >= 0.3 is 7.12 Å². The van der Waals surface area contributed by atoms with Crippen LogP contribution in [0, 0.1) is 11.3 Å². The number of benzene rings is 1. The molecule has 0 amide bonds. The predicted octanol–water partition coefficient (Wildman–Crippen LogP) is 3.73. The molecule has 6 heteroatoms. The van der Waals surface area contributed by atoms with E-state index in [9.17, 15) is 4.79 Å². The van der Waals surface area contributed by atoms with Crippen molar-refractivity contribution in [1.29, 1.82) is 5.26 Å². The summed E-state index contributed by atoms with van der Waals surface area (Å²) in [6, 6.07) is 9.12. The number of nitrogens with zero attached hydrogens (tertiary/aromatic N) is 1. The maximum atomic E-state index is 12.1. The lowest BCUT2D eigenvalue weighted by molar-refractivity contribution is 0.00578. The average molecular weight is 343 g/mol. The number of Topliss-reactive ketones (excluding diaryl/α,β-unsaturated/α-hetero) is 1. The van der Waals surface area contributed by atoms with Crippen LogP contribution in [0.15, 0.2) is 29.7 Å². The van der Waals surface area contributed by atoms with E-state index in [1.165, 1.54) is 0 Å². The number of rotatable bonds is 5. The minimum absolute atomic E-state index is 0.141. The molecule has 1 aliphatic rings. The Labute approximate surface area is 149 Å². The van der Waals surface area contributed by atoms with Gasteiger partial charge in [0.15, 0.2) is 5.78 Å². The van der Waals surface area contributed by atoms with Crippen molar-refractivity contribution in [2.45, 2.75) is 45.3 Å². The van der Waals surface area contributed by atoms with Gasteiger partial charge in [-0.05, 0) is 38.7 Å². The summed E-state index contributed by atoms with van der Waals surface area (Å²) in [5.74, 6) is 0.245. The van der Waals surface area contributed by atoms with E-state index >= 15 is 0 Å². The summed E-state index contributed by atoms with van der Waals surface area (Å²) in [5, 5.41) is 8.77. The lowest BCUT2D eigenvalue weighted by Gasteiger charge is -2.32. The van der Waals surface area contributed by atoms with Crippen molar-refractivity contribution >= 4 is 31.6 Å². The molecule has 0 aromatic heterocycles. The molecular weight excluding hydrogens is 321 g/mol. The molecule has 0 spiro atoms. The van der Waals surface area contributed by atoms with Crippen molar-refractivity contribution in [3.8, 4) is 6.07 Å².